The van der Waals surface area contributed by atoms with Crippen molar-refractivity contribution in [1.82, 2.24) is 0 Å². The van der Waals surface area contributed by atoms with Crippen LogP contribution in [0.25, 0.3) is 0 Å². The van der Waals surface area contributed by atoms with E-state index >= 15 is 0 Å². The summed E-state index contributed by atoms with van der Waals surface area (Å²) >= 11 is 0. The van der Waals surface area contributed by atoms with Gasteiger partial charge in [-0.05, 0) is 36.2 Å². The Hall–Kier alpha value is -2.53. The number of carboxylic acid groups (broad SMARTS) is 1. The molecule has 0 bridgehead atoms. The Morgan fingerprint density at radius 1 is 1.14 bits per heavy atom. The molecule has 0 saturated heterocycles. The van der Waals surface area contributed by atoms with E-state index in [1.807, 2.05) is 24.3 Å². The number of para-hydroxylation sites is 1. The van der Waals surface area contributed by atoms with Gasteiger partial charge in [-0.1, -0.05) is 31.2 Å². The van der Waals surface area contributed by atoms with E-state index in [4.69, 9.17) is 19.6 Å². The monoisotopic (exact) mass is 302 g/mol. The quantitative estimate of drug-likeness (QED) is 0.480. The molecule has 0 amide bonds. The van der Waals surface area contributed by atoms with Gasteiger partial charge in [0.1, 0.15) is 11.3 Å². The maximum Gasteiger partial charge on any atom is 0.339 e. The van der Waals surface area contributed by atoms with E-state index in [0.717, 1.165) is 6.42 Å². The number of aryl methyl sites for hydroxylation is 1. The Bertz CT molecular complexity index is 621. The lowest BCUT2D eigenvalue weighted by Gasteiger charge is -2.15. The molecule has 0 fully saturated rings. The molecule has 22 heavy (non-hydrogen) atoms. The molecule has 1 unspecified atom stereocenters. The molecule has 1 atom stereocenters. The van der Waals surface area contributed by atoms with Crippen molar-refractivity contribution in [3.05, 3.63) is 59.7 Å². The second-order valence-corrected chi connectivity index (χ2v) is 4.66. The van der Waals surface area contributed by atoms with Crippen molar-refractivity contribution in [2.24, 2.45) is 0 Å². The Morgan fingerprint density at radius 3 is 2.45 bits per heavy atom. The van der Waals surface area contributed by atoms with Crippen LogP contribution in [0.5, 0.6) is 11.5 Å². The van der Waals surface area contributed by atoms with Gasteiger partial charge < -0.3 is 14.7 Å². The van der Waals surface area contributed by atoms with Gasteiger partial charge in [0.2, 0.25) is 6.29 Å². The lowest BCUT2D eigenvalue weighted by Crippen LogP contribution is -2.19. The van der Waals surface area contributed by atoms with Gasteiger partial charge in [-0.15, -0.1) is 4.89 Å². The minimum Gasteiger partial charge on any atom is -0.478 e. The highest BCUT2D eigenvalue weighted by molar-refractivity contribution is 5.90. The fraction of sp³-hybridized carbons (Fsp3) is 0.235. The second kappa shape index (κ2) is 7.47. The Balaban J connectivity index is 1.92. The summed E-state index contributed by atoms with van der Waals surface area (Å²) in [6.45, 7) is 3.74. The maximum absolute atomic E-state index is 11.1. The minimum absolute atomic E-state index is 0.0296. The SMILES string of the molecule is CCc1ccc(OC(C)OOc2ccccc2C(=O)O)cc1. The smallest absolute Gasteiger partial charge is 0.339 e. The minimum atomic E-state index is -1.08. The number of benzene rings is 2. The first kappa shape index (κ1) is 15.9. The molecule has 5 nitrogen and oxygen atoms in total. The second-order valence-electron chi connectivity index (χ2n) is 4.66. The van der Waals surface area contributed by atoms with Crippen LogP contribution >= 0.6 is 0 Å². The Morgan fingerprint density at radius 2 is 1.82 bits per heavy atom. The van der Waals surface area contributed by atoms with Gasteiger partial charge in [0, 0.05) is 6.92 Å². The predicted octanol–water partition coefficient (Wildman–Crippen LogP) is 3.68. The zero-order valence-electron chi connectivity index (χ0n) is 12.5. The highest BCUT2D eigenvalue weighted by atomic mass is 17.2. The summed E-state index contributed by atoms with van der Waals surface area (Å²) in [5, 5.41) is 9.05. The van der Waals surface area contributed by atoms with Crippen LogP contribution in [0.15, 0.2) is 48.5 Å². The summed E-state index contributed by atoms with van der Waals surface area (Å²) in [6.07, 6.45) is 0.274. The van der Waals surface area contributed by atoms with Gasteiger partial charge in [0.05, 0.1) is 0 Å². The third kappa shape index (κ3) is 4.23. The van der Waals surface area contributed by atoms with Gasteiger partial charge >= 0.3 is 5.97 Å². The first-order chi connectivity index (χ1) is 10.6. The van der Waals surface area contributed by atoms with Crippen LogP contribution in [0.1, 0.15) is 29.8 Å². The average molecular weight is 302 g/mol. The number of carbonyl (C=O) groups is 1. The van der Waals surface area contributed by atoms with E-state index in [-0.39, 0.29) is 11.3 Å². The van der Waals surface area contributed by atoms with Gasteiger partial charge in [0.15, 0.2) is 5.75 Å². The number of rotatable bonds is 7. The summed E-state index contributed by atoms with van der Waals surface area (Å²) in [6, 6.07) is 13.9. The molecule has 2 aromatic rings. The van der Waals surface area contributed by atoms with E-state index in [1.54, 1.807) is 19.1 Å². The van der Waals surface area contributed by atoms with Crippen molar-refractivity contribution in [1.29, 1.82) is 0 Å². The molecule has 0 aliphatic carbocycles. The molecule has 2 aromatic carbocycles. The normalized spacial score (nSPS) is 11.7. The number of hydrogen-bond acceptors (Lipinski definition) is 4. The largest absolute Gasteiger partial charge is 0.478 e. The third-order valence-corrected chi connectivity index (χ3v) is 3.02. The molecule has 0 aromatic heterocycles. The van der Waals surface area contributed by atoms with E-state index in [0.29, 0.717) is 5.75 Å². The molecule has 0 radical (unpaired) electrons. The van der Waals surface area contributed by atoms with Crippen LogP contribution in [0.2, 0.25) is 0 Å². The first-order valence-corrected chi connectivity index (χ1v) is 7.01. The third-order valence-electron chi connectivity index (χ3n) is 3.02. The van der Waals surface area contributed by atoms with Crippen LogP contribution in [-0.4, -0.2) is 17.4 Å². The van der Waals surface area contributed by atoms with Crippen LogP contribution in [0.4, 0.5) is 0 Å². The molecule has 5 heteroatoms. The van der Waals surface area contributed by atoms with E-state index in [9.17, 15) is 4.79 Å². The highest BCUT2D eigenvalue weighted by Crippen LogP contribution is 2.20. The van der Waals surface area contributed by atoms with E-state index in [1.165, 1.54) is 17.7 Å². The Labute approximate surface area is 129 Å². The average Bonchev–Trinajstić information content (AvgIpc) is 2.54. The van der Waals surface area contributed by atoms with E-state index < -0.39 is 12.3 Å². The zero-order chi connectivity index (χ0) is 15.9. The van der Waals surface area contributed by atoms with Crippen LogP contribution < -0.4 is 9.62 Å². The highest BCUT2D eigenvalue weighted by Gasteiger charge is 2.13. The summed E-state index contributed by atoms with van der Waals surface area (Å²) in [5.74, 6) is -0.297. The summed E-state index contributed by atoms with van der Waals surface area (Å²) < 4.78 is 5.54. The molecule has 0 heterocycles. The molecule has 2 rings (SSSR count). The molecule has 0 spiro atoms. The van der Waals surface area contributed by atoms with Gasteiger partial charge in [-0.3, -0.25) is 0 Å². The zero-order valence-corrected chi connectivity index (χ0v) is 12.5. The summed E-state index contributed by atoms with van der Waals surface area (Å²) in [4.78, 5) is 21.2. The van der Waals surface area contributed by atoms with Crippen molar-refractivity contribution in [2.75, 3.05) is 0 Å². The lowest BCUT2D eigenvalue weighted by molar-refractivity contribution is -0.289. The topological polar surface area (TPSA) is 65.0 Å². The van der Waals surface area contributed by atoms with Gasteiger partial charge in [0.25, 0.3) is 0 Å². The molecule has 0 aliphatic heterocycles. The fourth-order valence-electron chi connectivity index (χ4n) is 1.85. The van der Waals surface area contributed by atoms with Crippen LogP contribution in [-0.2, 0) is 11.3 Å². The van der Waals surface area contributed by atoms with Crippen molar-refractivity contribution in [3.8, 4) is 11.5 Å². The Kier molecular flexibility index (Phi) is 5.38. The summed E-state index contributed by atoms with van der Waals surface area (Å²) in [7, 11) is 0. The van der Waals surface area contributed by atoms with Crippen molar-refractivity contribution < 1.29 is 24.4 Å². The number of carboxylic acids is 1. The number of aromatic carboxylic acids is 1. The van der Waals surface area contributed by atoms with Gasteiger partial charge in [-0.25, -0.2) is 4.79 Å². The van der Waals surface area contributed by atoms with Gasteiger partial charge in [-0.2, -0.15) is 0 Å². The molecule has 116 valence electrons. The van der Waals surface area contributed by atoms with Crippen molar-refractivity contribution in [2.45, 2.75) is 26.6 Å². The molecule has 0 saturated carbocycles. The van der Waals surface area contributed by atoms with Crippen LogP contribution in [0.3, 0.4) is 0 Å². The molecule has 0 aliphatic rings. The van der Waals surface area contributed by atoms with Crippen molar-refractivity contribution >= 4 is 5.97 Å². The maximum atomic E-state index is 11.1. The summed E-state index contributed by atoms with van der Waals surface area (Å²) in [5.41, 5.74) is 1.24. The fourth-order valence-corrected chi connectivity index (χ4v) is 1.85. The first-order valence-electron chi connectivity index (χ1n) is 7.01. The standard InChI is InChI=1S/C17H18O5/c1-3-13-8-10-14(11-9-13)20-12(2)21-22-16-7-5-4-6-15(16)17(18)19/h4-12H,3H2,1-2H3,(H,18,19). The van der Waals surface area contributed by atoms with E-state index in [2.05, 4.69) is 6.92 Å². The number of hydrogen-bond donors (Lipinski definition) is 1. The molecule has 1 N–H and O–H groups in total. The van der Waals surface area contributed by atoms with Crippen LogP contribution in [0, 0.1) is 0 Å². The molecular weight excluding hydrogens is 284 g/mol. The van der Waals surface area contributed by atoms with Crippen molar-refractivity contribution in [3.63, 3.8) is 0 Å². The lowest BCUT2D eigenvalue weighted by atomic mass is 10.2. The molecular formula is C17H18O5. The predicted molar refractivity (Wildman–Crippen MR) is 81.0 cm³/mol. The number of ether oxygens (including phenoxy) is 1.